The van der Waals surface area contributed by atoms with E-state index in [1.807, 2.05) is 0 Å². The van der Waals surface area contributed by atoms with Gasteiger partial charge in [0.2, 0.25) is 0 Å². The Morgan fingerprint density at radius 2 is 2.20 bits per heavy atom. The quantitative estimate of drug-likeness (QED) is 0.705. The van der Waals surface area contributed by atoms with Gasteiger partial charge in [0.05, 0.1) is 12.0 Å². The van der Waals surface area contributed by atoms with Gasteiger partial charge < -0.3 is 20.7 Å². The molecule has 2 aromatic heterocycles. The van der Waals surface area contributed by atoms with E-state index in [-0.39, 0.29) is 17.3 Å². The van der Waals surface area contributed by atoms with E-state index in [9.17, 15) is 9.59 Å². The first-order chi connectivity index (χ1) is 9.58. The van der Waals surface area contributed by atoms with Crippen molar-refractivity contribution in [1.29, 1.82) is 0 Å². The predicted molar refractivity (Wildman–Crippen MR) is 70.2 cm³/mol. The van der Waals surface area contributed by atoms with Crippen molar-refractivity contribution in [3.8, 4) is 0 Å². The summed E-state index contributed by atoms with van der Waals surface area (Å²) in [6.07, 6.45) is 4.27. The molecule has 1 amide bonds. The summed E-state index contributed by atoms with van der Waals surface area (Å²) in [7, 11) is 0. The van der Waals surface area contributed by atoms with Crippen LogP contribution in [0.5, 0.6) is 0 Å². The molecule has 0 aromatic carbocycles. The number of carbonyl (C=O) groups is 2. The van der Waals surface area contributed by atoms with Crippen LogP contribution in [0.3, 0.4) is 0 Å². The monoisotopic (exact) mass is 275 g/mol. The summed E-state index contributed by atoms with van der Waals surface area (Å²) in [5, 5.41) is 11.4. The molecule has 2 aromatic rings. The molecule has 0 spiro atoms. The zero-order valence-electron chi connectivity index (χ0n) is 10.5. The number of carbonyl (C=O) groups excluding carboxylic acids is 1. The molecule has 4 N–H and O–H groups in total. The highest BCUT2D eigenvalue weighted by Crippen LogP contribution is 2.06. The smallest absolute Gasteiger partial charge is 0.356 e. The Morgan fingerprint density at radius 3 is 2.85 bits per heavy atom. The summed E-state index contributed by atoms with van der Waals surface area (Å²) >= 11 is 0. The molecule has 0 saturated heterocycles. The third-order valence-corrected chi connectivity index (χ3v) is 2.56. The van der Waals surface area contributed by atoms with E-state index in [0.29, 0.717) is 18.8 Å². The standard InChI is InChI=1S/C12H13N5O3/c13-8-2-1-3-14-10(8)11(18)15-4-5-17-6-9(12(19)20)16-7-17/h1-3,6-7H,4-5,13H2,(H,15,18)(H,19,20). The van der Waals surface area contributed by atoms with Gasteiger partial charge in [0.1, 0.15) is 0 Å². The Balaban J connectivity index is 1.88. The molecule has 0 radical (unpaired) electrons. The number of carboxylic acids is 1. The lowest BCUT2D eigenvalue weighted by atomic mass is 10.3. The number of aromatic nitrogens is 3. The van der Waals surface area contributed by atoms with Crippen molar-refractivity contribution in [3.63, 3.8) is 0 Å². The lowest BCUT2D eigenvalue weighted by molar-refractivity contribution is 0.0690. The number of amides is 1. The summed E-state index contributed by atoms with van der Waals surface area (Å²) in [6, 6.07) is 3.24. The second-order valence-corrected chi connectivity index (χ2v) is 4.00. The Bertz CT molecular complexity index is 638. The number of imidazole rings is 1. The normalized spacial score (nSPS) is 10.2. The number of nitrogens with one attached hydrogen (secondary N) is 1. The maximum atomic E-state index is 11.8. The van der Waals surface area contributed by atoms with Gasteiger partial charge in [-0.15, -0.1) is 0 Å². The van der Waals surface area contributed by atoms with Crippen LogP contribution >= 0.6 is 0 Å². The van der Waals surface area contributed by atoms with Crippen molar-refractivity contribution in [2.75, 3.05) is 12.3 Å². The van der Waals surface area contributed by atoms with Crippen LogP contribution in [0, 0.1) is 0 Å². The number of nitrogens with two attached hydrogens (primary N) is 1. The van der Waals surface area contributed by atoms with Crippen molar-refractivity contribution in [1.82, 2.24) is 19.9 Å². The molecule has 104 valence electrons. The van der Waals surface area contributed by atoms with Crippen LogP contribution in [0.15, 0.2) is 30.9 Å². The number of pyridine rings is 1. The van der Waals surface area contributed by atoms with Crippen LogP contribution in [0.1, 0.15) is 21.0 Å². The molecule has 0 fully saturated rings. The lowest BCUT2D eigenvalue weighted by Gasteiger charge is -2.06. The van der Waals surface area contributed by atoms with Gasteiger partial charge in [0.25, 0.3) is 5.91 Å². The average molecular weight is 275 g/mol. The predicted octanol–water partition coefficient (Wildman–Crippen LogP) is -0.0115. The number of hydrogen-bond acceptors (Lipinski definition) is 5. The van der Waals surface area contributed by atoms with Crippen LogP contribution in [0.25, 0.3) is 0 Å². The van der Waals surface area contributed by atoms with Gasteiger partial charge in [-0.2, -0.15) is 0 Å². The Hall–Kier alpha value is -2.90. The van der Waals surface area contributed by atoms with Gasteiger partial charge >= 0.3 is 5.97 Å². The first-order valence-corrected chi connectivity index (χ1v) is 5.81. The Labute approximate surface area is 114 Å². The van der Waals surface area contributed by atoms with Gasteiger partial charge in [-0.3, -0.25) is 4.79 Å². The molecule has 0 aliphatic heterocycles. The van der Waals surface area contributed by atoms with Crippen LogP contribution in [-0.4, -0.2) is 38.1 Å². The minimum absolute atomic E-state index is 0.0368. The minimum Gasteiger partial charge on any atom is -0.476 e. The molecule has 0 aliphatic rings. The molecule has 20 heavy (non-hydrogen) atoms. The Morgan fingerprint density at radius 1 is 1.40 bits per heavy atom. The maximum absolute atomic E-state index is 11.8. The van der Waals surface area contributed by atoms with Gasteiger partial charge in [0, 0.05) is 25.5 Å². The fourth-order valence-corrected chi connectivity index (χ4v) is 1.58. The van der Waals surface area contributed by atoms with E-state index in [4.69, 9.17) is 10.8 Å². The maximum Gasteiger partial charge on any atom is 0.356 e. The summed E-state index contributed by atoms with van der Waals surface area (Å²) < 4.78 is 1.57. The molecule has 0 saturated carbocycles. The minimum atomic E-state index is -1.09. The summed E-state index contributed by atoms with van der Waals surface area (Å²) in [5.74, 6) is -1.46. The van der Waals surface area contributed by atoms with E-state index in [1.165, 1.54) is 18.7 Å². The molecule has 8 nitrogen and oxygen atoms in total. The highest BCUT2D eigenvalue weighted by atomic mass is 16.4. The van der Waals surface area contributed by atoms with Crippen LogP contribution in [-0.2, 0) is 6.54 Å². The third-order valence-electron chi connectivity index (χ3n) is 2.56. The molecule has 0 aliphatic carbocycles. The van der Waals surface area contributed by atoms with Crippen LogP contribution in [0.2, 0.25) is 0 Å². The zero-order valence-corrected chi connectivity index (χ0v) is 10.5. The molecule has 0 atom stereocenters. The van der Waals surface area contributed by atoms with E-state index in [0.717, 1.165) is 0 Å². The molecule has 2 heterocycles. The van der Waals surface area contributed by atoms with Crippen molar-refractivity contribution >= 4 is 17.6 Å². The summed E-state index contributed by atoms with van der Waals surface area (Å²) in [4.78, 5) is 30.0. The number of hydrogen-bond donors (Lipinski definition) is 3. The van der Waals surface area contributed by atoms with Crippen LogP contribution < -0.4 is 11.1 Å². The largest absolute Gasteiger partial charge is 0.476 e. The number of anilines is 1. The van der Waals surface area contributed by atoms with Crippen molar-refractivity contribution < 1.29 is 14.7 Å². The fourth-order valence-electron chi connectivity index (χ4n) is 1.58. The van der Waals surface area contributed by atoms with Gasteiger partial charge in [-0.1, -0.05) is 0 Å². The highest BCUT2D eigenvalue weighted by molar-refractivity contribution is 5.96. The second-order valence-electron chi connectivity index (χ2n) is 4.00. The molecular weight excluding hydrogens is 262 g/mol. The van der Waals surface area contributed by atoms with Gasteiger partial charge in [-0.05, 0) is 12.1 Å². The number of carboxylic acid groups (broad SMARTS) is 1. The van der Waals surface area contributed by atoms with Gasteiger partial charge in [0.15, 0.2) is 11.4 Å². The number of rotatable bonds is 5. The highest BCUT2D eigenvalue weighted by Gasteiger charge is 2.10. The Kier molecular flexibility index (Phi) is 3.94. The van der Waals surface area contributed by atoms with E-state index in [1.54, 1.807) is 16.7 Å². The molecule has 0 bridgehead atoms. The zero-order chi connectivity index (χ0) is 14.5. The number of aromatic carboxylic acids is 1. The average Bonchev–Trinajstić information content (AvgIpc) is 2.88. The molecular formula is C12H13N5O3. The van der Waals surface area contributed by atoms with E-state index < -0.39 is 5.97 Å². The van der Waals surface area contributed by atoms with E-state index in [2.05, 4.69) is 15.3 Å². The first kappa shape index (κ1) is 13.5. The fraction of sp³-hybridized carbons (Fsp3) is 0.167. The second kappa shape index (κ2) is 5.83. The number of nitrogens with zero attached hydrogens (tertiary/aromatic N) is 3. The molecule has 2 rings (SSSR count). The van der Waals surface area contributed by atoms with Crippen molar-refractivity contribution in [2.24, 2.45) is 0 Å². The topological polar surface area (TPSA) is 123 Å². The van der Waals surface area contributed by atoms with Crippen molar-refractivity contribution in [2.45, 2.75) is 6.54 Å². The summed E-state index contributed by atoms with van der Waals surface area (Å²) in [6.45, 7) is 0.711. The SMILES string of the molecule is Nc1cccnc1C(=O)NCCn1cnc(C(=O)O)c1. The van der Waals surface area contributed by atoms with Crippen molar-refractivity contribution in [3.05, 3.63) is 42.2 Å². The lowest BCUT2D eigenvalue weighted by Crippen LogP contribution is -2.28. The molecule has 0 unspecified atom stereocenters. The van der Waals surface area contributed by atoms with Gasteiger partial charge in [-0.25, -0.2) is 14.8 Å². The summed E-state index contributed by atoms with van der Waals surface area (Å²) in [5.41, 5.74) is 6.08. The third kappa shape index (κ3) is 3.10. The first-order valence-electron chi connectivity index (χ1n) is 5.81. The molecule has 8 heteroatoms. The van der Waals surface area contributed by atoms with E-state index >= 15 is 0 Å². The number of nitrogen functional groups attached to an aromatic ring is 1. The van der Waals surface area contributed by atoms with Crippen LogP contribution in [0.4, 0.5) is 5.69 Å².